The average Bonchev–Trinajstić information content (AvgIpc) is 2.81. The van der Waals surface area contributed by atoms with E-state index in [1.165, 1.54) is 5.57 Å². The van der Waals surface area contributed by atoms with E-state index in [0.29, 0.717) is 5.75 Å². The van der Waals surface area contributed by atoms with Crippen LogP contribution in [0.15, 0.2) is 81.0 Å². The van der Waals surface area contributed by atoms with Crippen LogP contribution in [0, 0.1) is 0 Å². The topological polar surface area (TPSA) is 92.0 Å². The second kappa shape index (κ2) is 11.8. The number of rotatable bonds is 9. The van der Waals surface area contributed by atoms with Crippen molar-refractivity contribution in [3.8, 4) is 17.2 Å². The fourth-order valence-electron chi connectivity index (χ4n) is 3.31. The van der Waals surface area contributed by atoms with Gasteiger partial charge in [-0.1, -0.05) is 41.5 Å². The predicted octanol–water partition coefficient (Wildman–Crippen LogP) is 6.01. The first-order valence-electron chi connectivity index (χ1n) is 11.2. The SMILES string of the molecule is CC(=O)Oc1c(OC(=O)c2ccccc2)c2c(OCC=C(C)CCC=C(C)C)cccc2oc1=O. The largest absolute Gasteiger partial charge is 0.489 e. The van der Waals surface area contributed by atoms with Gasteiger partial charge in [-0.3, -0.25) is 4.79 Å². The van der Waals surface area contributed by atoms with Crippen LogP contribution < -0.4 is 19.8 Å². The highest BCUT2D eigenvalue weighted by molar-refractivity contribution is 5.98. The van der Waals surface area contributed by atoms with E-state index < -0.39 is 23.3 Å². The Bertz CT molecular complexity index is 1330. The number of hydrogen-bond acceptors (Lipinski definition) is 7. The van der Waals surface area contributed by atoms with Gasteiger partial charge in [-0.25, -0.2) is 9.59 Å². The van der Waals surface area contributed by atoms with Gasteiger partial charge in [0.1, 0.15) is 23.3 Å². The van der Waals surface area contributed by atoms with E-state index in [1.807, 2.05) is 13.0 Å². The van der Waals surface area contributed by atoms with E-state index in [1.54, 1.807) is 48.5 Å². The summed E-state index contributed by atoms with van der Waals surface area (Å²) >= 11 is 0. The molecule has 182 valence electrons. The summed E-state index contributed by atoms with van der Waals surface area (Å²) in [5.41, 5.74) is 1.87. The van der Waals surface area contributed by atoms with E-state index in [4.69, 9.17) is 18.6 Å². The van der Waals surface area contributed by atoms with Gasteiger partial charge in [0.25, 0.3) is 5.75 Å². The van der Waals surface area contributed by atoms with Crippen LogP contribution in [0.1, 0.15) is 50.9 Å². The second-order valence-corrected chi connectivity index (χ2v) is 8.21. The van der Waals surface area contributed by atoms with Crippen LogP contribution >= 0.6 is 0 Å². The Morgan fingerprint density at radius 3 is 2.31 bits per heavy atom. The fourth-order valence-corrected chi connectivity index (χ4v) is 3.31. The zero-order chi connectivity index (χ0) is 25.4. The molecule has 35 heavy (non-hydrogen) atoms. The lowest BCUT2D eigenvalue weighted by Crippen LogP contribution is -2.16. The molecule has 0 saturated heterocycles. The number of allylic oxidation sites excluding steroid dienone is 3. The Morgan fingerprint density at radius 1 is 0.886 bits per heavy atom. The van der Waals surface area contributed by atoms with Crippen molar-refractivity contribution >= 4 is 22.9 Å². The lowest BCUT2D eigenvalue weighted by atomic mass is 10.1. The van der Waals surface area contributed by atoms with Gasteiger partial charge in [0.2, 0.25) is 0 Å². The zero-order valence-corrected chi connectivity index (χ0v) is 20.3. The summed E-state index contributed by atoms with van der Waals surface area (Å²) < 4.78 is 22.0. The predicted molar refractivity (Wildman–Crippen MR) is 133 cm³/mol. The molecule has 1 aromatic heterocycles. The van der Waals surface area contributed by atoms with Crippen LogP contribution in [0.4, 0.5) is 0 Å². The molecule has 0 amide bonds. The van der Waals surface area contributed by atoms with Gasteiger partial charge in [-0.05, 0) is 64.0 Å². The maximum atomic E-state index is 12.8. The summed E-state index contributed by atoms with van der Waals surface area (Å²) in [6.07, 6.45) is 5.97. The average molecular weight is 477 g/mol. The molecule has 0 aliphatic carbocycles. The number of carbonyl (C=O) groups is 2. The minimum absolute atomic E-state index is 0.128. The highest BCUT2D eigenvalue weighted by atomic mass is 16.6. The number of fused-ring (bicyclic) bond motifs is 1. The van der Waals surface area contributed by atoms with Crippen LogP contribution in [0.5, 0.6) is 17.2 Å². The molecule has 0 aliphatic heterocycles. The highest BCUT2D eigenvalue weighted by Crippen LogP contribution is 2.39. The Kier molecular flexibility index (Phi) is 8.62. The molecule has 0 spiro atoms. The summed E-state index contributed by atoms with van der Waals surface area (Å²) in [5.74, 6) is -1.93. The smallest absolute Gasteiger partial charge is 0.383 e. The number of ether oxygens (including phenoxy) is 3. The quantitative estimate of drug-likeness (QED) is 0.212. The number of esters is 2. The van der Waals surface area contributed by atoms with E-state index in [-0.39, 0.29) is 28.9 Å². The van der Waals surface area contributed by atoms with Crippen LogP contribution in [-0.4, -0.2) is 18.5 Å². The van der Waals surface area contributed by atoms with Gasteiger partial charge in [-0.15, -0.1) is 0 Å². The molecule has 3 rings (SSSR count). The first kappa shape index (κ1) is 25.5. The Balaban J connectivity index is 2.00. The second-order valence-electron chi connectivity index (χ2n) is 8.21. The molecule has 7 heteroatoms. The van der Waals surface area contributed by atoms with E-state index >= 15 is 0 Å². The summed E-state index contributed by atoms with van der Waals surface area (Å²) in [6.45, 7) is 7.53. The van der Waals surface area contributed by atoms with Crippen molar-refractivity contribution in [3.05, 3.63) is 87.8 Å². The Labute approximate surface area is 203 Å². The molecule has 0 atom stereocenters. The van der Waals surface area contributed by atoms with Gasteiger partial charge in [0.05, 0.1) is 5.56 Å². The van der Waals surface area contributed by atoms with E-state index in [9.17, 15) is 14.4 Å². The molecular weight excluding hydrogens is 448 g/mol. The van der Waals surface area contributed by atoms with Gasteiger partial charge >= 0.3 is 17.6 Å². The summed E-state index contributed by atoms with van der Waals surface area (Å²) in [7, 11) is 0. The number of carbonyl (C=O) groups excluding carboxylic acids is 2. The van der Waals surface area contributed by atoms with Gasteiger partial charge in [0.15, 0.2) is 5.75 Å². The maximum absolute atomic E-state index is 12.8. The molecule has 0 radical (unpaired) electrons. The highest BCUT2D eigenvalue weighted by Gasteiger charge is 2.25. The Morgan fingerprint density at radius 2 is 1.63 bits per heavy atom. The molecule has 0 bridgehead atoms. The fraction of sp³-hybridized carbons (Fsp3) is 0.250. The molecule has 0 fully saturated rings. The monoisotopic (exact) mass is 476 g/mol. The van der Waals surface area contributed by atoms with E-state index in [0.717, 1.165) is 25.3 Å². The number of hydrogen-bond donors (Lipinski definition) is 0. The molecule has 2 aromatic carbocycles. The normalized spacial score (nSPS) is 11.1. The van der Waals surface area contributed by atoms with Crippen LogP contribution in [0.3, 0.4) is 0 Å². The molecule has 3 aromatic rings. The lowest BCUT2D eigenvalue weighted by Gasteiger charge is -2.14. The molecule has 0 N–H and O–H groups in total. The molecule has 0 aliphatic rings. The van der Waals surface area contributed by atoms with Crippen LogP contribution in [0.2, 0.25) is 0 Å². The van der Waals surface area contributed by atoms with Crippen molar-refractivity contribution in [1.29, 1.82) is 0 Å². The Hall–Kier alpha value is -4.13. The van der Waals surface area contributed by atoms with Gasteiger partial charge < -0.3 is 18.6 Å². The third-order valence-electron chi connectivity index (χ3n) is 5.02. The minimum atomic E-state index is -0.948. The van der Waals surface area contributed by atoms with Crippen molar-refractivity contribution in [1.82, 2.24) is 0 Å². The van der Waals surface area contributed by atoms with Crippen molar-refractivity contribution in [3.63, 3.8) is 0 Å². The van der Waals surface area contributed by atoms with Crippen molar-refractivity contribution in [2.75, 3.05) is 6.61 Å². The molecule has 0 unspecified atom stereocenters. The first-order chi connectivity index (χ1) is 16.8. The molecule has 7 nitrogen and oxygen atoms in total. The molecular formula is C28H28O7. The third kappa shape index (κ3) is 6.93. The van der Waals surface area contributed by atoms with Gasteiger partial charge in [0, 0.05) is 6.92 Å². The van der Waals surface area contributed by atoms with Crippen LogP contribution in [0.25, 0.3) is 11.0 Å². The van der Waals surface area contributed by atoms with Crippen LogP contribution in [-0.2, 0) is 4.79 Å². The van der Waals surface area contributed by atoms with Crippen molar-refractivity contribution < 1.29 is 28.2 Å². The third-order valence-corrected chi connectivity index (χ3v) is 5.02. The van der Waals surface area contributed by atoms with Gasteiger partial charge in [-0.2, -0.15) is 0 Å². The summed E-state index contributed by atoms with van der Waals surface area (Å²) in [6, 6.07) is 13.1. The zero-order valence-electron chi connectivity index (χ0n) is 20.3. The summed E-state index contributed by atoms with van der Waals surface area (Å²) in [4.78, 5) is 37.1. The van der Waals surface area contributed by atoms with E-state index in [2.05, 4.69) is 19.9 Å². The minimum Gasteiger partial charge on any atom is -0.489 e. The summed E-state index contributed by atoms with van der Waals surface area (Å²) in [5, 5.41) is 0.211. The molecule has 1 heterocycles. The van der Waals surface area contributed by atoms with Crippen molar-refractivity contribution in [2.45, 2.75) is 40.5 Å². The van der Waals surface area contributed by atoms with Crippen molar-refractivity contribution in [2.24, 2.45) is 0 Å². The lowest BCUT2D eigenvalue weighted by molar-refractivity contribution is -0.132. The first-order valence-corrected chi connectivity index (χ1v) is 11.2. The maximum Gasteiger partial charge on any atom is 0.383 e. The molecule has 0 saturated carbocycles. The standard InChI is InChI=1S/C28H28O7/c1-18(2)10-8-11-19(3)16-17-32-22-14-9-15-23-24(22)25(26(28(31)34-23)33-20(4)29)35-27(30)21-12-6-5-7-13-21/h5-7,9-10,12-16H,8,11,17H2,1-4H3. The number of benzene rings is 2.